The summed E-state index contributed by atoms with van der Waals surface area (Å²) in [5.41, 5.74) is 0.862. The van der Waals surface area contributed by atoms with Crippen LogP contribution in [0.3, 0.4) is 0 Å². The SMILES string of the molecule is Cc1nn(C)c(Cl)c1OC1CCNCC1. The van der Waals surface area contributed by atoms with Crippen LogP contribution in [0.15, 0.2) is 0 Å². The van der Waals surface area contributed by atoms with Crippen molar-refractivity contribution in [2.75, 3.05) is 13.1 Å². The molecule has 0 saturated carbocycles. The molecule has 1 fully saturated rings. The van der Waals surface area contributed by atoms with Gasteiger partial charge in [-0.2, -0.15) is 5.10 Å². The van der Waals surface area contributed by atoms with Crippen molar-refractivity contribution in [3.63, 3.8) is 0 Å². The predicted octanol–water partition coefficient (Wildman–Crippen LogP) is 1.51. The minimum Gasteiger partial charge on any atom is -0.485 e. The molecule has 0 spiro atoms. The maximum absolute atomic E-state index is 6.09. The Bertz CT molecular complexity index is 345. The summed E-state index contributed by atoms with van der Waals surface area (Å²) in [6.07, 6.45) is 2.33. The van der Waals surface area contributed by atoms with Crippen molar-refractivity contribution < 1.29 is 4.74 Å². The summed E-state index contributed by atoms with van der Waals surface area (Å²) in [5.74, 6) is 0.742. The van der Waals surface area contributed by atoms with Crippen LogP contribution in [-0.2, 0) is 7.05 Å². The van der Waals surface area contributed by atoms with E-state index in [4.69, 9.17) is 16.3 Å². The average Bonchev–Trinajstić information content (AvgIpc) is 2.47. The fourth-order valence-corrected chi connectivity index (χ4v) is 2.04. The van der Waals surface area contributed by atoms with E-state index in [1.165, 1.54) is 0 Å². The van der Waals surface area contributed by atoms with Crippen molar-refractivity contribution in [3.05, 3.63) is 10.8 Å². The lowest BCUT2D eigenvalue weighted by Gasteiger charge is -2.23. The van der Waals surface area contributed by atoms with Crippen molar-refractivity contribution in [3.8, 4) is 5.75 Å². The van der Waals surface area contributed by atoms with Crippen molar-refractivity contribution in [2.24, 2.45) is 7.05 Å². The number of aryl methyl sites for hydroxylation is 2. The van der Waals surface area contributed by atoms with Crippen LogP contribution in [0.5, 0.6) is 5.75 Å². The molecule has 1 aromatic rings. The zero-order valence-electron chi connectivity index (χ0n) is 9.09. The molecule has 1 saturated heterocycles. The number of nitrogens with zero attached hydrogens (tertiary/aromatic N) is 2. The Labute approximate surface area is 94.6 Å². The highest BCUT2D eigenvalue weighted by atomic mass is 35.5. The second-order valence-electron chi connectivity index (χ2n) is 3.90. The van der Waals surface area contributed by atoms with Crippen LogP contribution >= 0.6 is 11.6 Å². The van der Waals surface area contributed by atoms with E-state index >= 15 is 0 Å². The van der Waals surface area contributed by atoms with Crippen LogP contribution in [-0.4, -0.2) is 29.0 Å². The second kappa shape index (κ2) is 4.41. The van der Waals surface area contributed by atoms with Gasteiger partial charge < -0.3 is 10.1 Å². The van der Waals surface area contributed by atoms with Gasteiger partial charge in [-0.3, -0.25) is 4.68 Å². The highest BCUT2D eigenvalue weighted by Crippen LogP contribution is 2.29. The molecule has 1 N–H and O–H groups in total. The molecule has 0 bridgehead atoms. The first-order chi connectivity index (χ1) is 7.18. The predicted molar refractivity (Wildman–Crippen MR) is 59.5 cm³/mol. The zero-order chi connectivity index (χ0) is 10.8. The maximum Gasteiger partial charge on any atom is 0.179 e. The van der Waals surface area contributed by atoms with Gasteiger partial charge in [0.05, 0.1) is 0 Å². The molecule has 0 amide bonds. The van der Waals surface area contributed by atoms with E-state index in [1.807, 2.05) is 14.0 Å². The van der Waals surface area contributed by atoms with Gasteiger partial charge in [0.25, 0.3) is 0 Å². The van der Waals surface area contributed by atoms with E-state index in [9.17, 15) is 0 Å². The fourth-order valence-electron chi connectivity index (χ4n) is 1.82. The van der Waals surface area contributed by atoms with Crippen molar-refractivity contribution in [1.82, 2.24) is 15.1 Å². The summed E-state index contributed by atoms with van der Waals surface area (Å²) in [5, 5.41) is 8.11. The normalized spacial score (nSPS) is 18.1. The Morgan fingerprint density at radius 2 is 2.13 bits per heavy atom. The molecule has 0 unspecified atom stereocenters. The molecule has 15 heavy (non-hydrogen) atoms. The van der Waals surface area contributed by atoms with Crippen LogP contribution in [0.2, 0.25) is 5.15 Å². The van der Waals surface area contributed by atoms with E-state index < -0.39 is 0 Å². The van der Waals surface area contributed by atoms with Gasteiger partial charge in [-0.05, 0) is 32.9 Å². The molecule has 1 aliphatic heterocycles. The third-order valence-corrected chi connectivity index (χ3v) is 3.09. The quantitative estimate of drug-likeness (QED) is 0.836. The van der Waals surface area contributed by atoms with Gasteiger partial charge in [-0.25, -0.2) is 0 Å². The highest BCUT2D eigenvalue weighted by molar-refractivity contribution is 6.31. The van der Waals surface area contributed by atoms with Gasteiger partial charge in [0.1, 0.15) is 11.8 Å². The lowest BCUT2D eigenvalue weighted by Crippen LogP contribution is -2.34. The van der Waals surface area contributed by atoms with E-state index in [2.05, 4.69) is 10.4 Å². The lowest BCUT2D eigenvalue weighted by molar-refractivity contribution is 0.161. The summed E-state index contributed by atoms with van der Waals surface area (Å²) >= 11 is 6.09. The molecule has 0 atom stereocenters. The van der Waals surface area contributed by atoms with Crippen molar-refractivity contribution >= 4 is 11.6 Å². The topological polar surface area (TPSA) is 39.1 Å². The Morgan fingerprint density at radius 1 is 1.47 bits per heavy atom. The average molecular weight is 230 g/mol. The van der Waals surface area contributed by atoms with Gasteiger partial charge in [-0.1, -0.05) is 11.6 Å². The minimum atomic E-state index is 0.270. The van der Waals surface area contributed by atoms with Crippen LogP contribution in [0.1, 0.15) is 18.5 Å². The van der Waals surface area contributed by atoms with E-state index in [0.29, 0.717) is 5.15 Å². The van der Waals surface area contributed by atoms with E-state index in [1.54, 1.807) is 4.68 Å². The first-order valence-corrected chi connectivity index (χ1v) is 5.62. The third kappa shape index (κ3) is 2.26. The molecule has 0 aromatic carbocycles. The van der Waals surface area contributed by atoms with Gasteiger partial charge in [0.15, 0.2) is 10.9 Å². The summed E-state index contributed by atoms with van der Waals surface area (Å²) < 4.78 is 7.53. The Morgan fingerprint density at radius 3 is 2.67 bits per heavy atom. The highest BCUT2D eigenvalue weighted by Gasteiger charge is 2.19. The molecule has 4 nitrogen and oxygen atoms in total. The molecule has 1 aliphatic rings. The summed E-state index contributed by atoms with van der Waals surface area (Å²) in [6, 6.07) is 0. The maximum atomic E-state index is 6.09. The first-order valence-electron chi connectivity index (χ1n) is 5.25. The fraction of sp³-hybridized carbons (Fsp3) is 0.700. The number of hydrogen-bond donors (Lipinski definition) is 1. The van der Waals surface area contributed by atoms with Gasteiger partial charge in [0.2, 0.25) is 0 Å². The number of piperidine rings is 1. The van der Waals surface area contributed by atoms with Crippen LogP contribution in [0, 0.1) is 6.92 Å². The summed E-state index contributed by atoms with van der Waals surface area (Å²) in [4.78, 5) is 0. The smallest absolute Gasteiger partial charge is 0.179 e. The monoisotopic (exact) mass is 229 g/mol. The standard InChI is InChI=1S/C10H16ClN3O/c1-7-9(10(11)14(2)13-7)15-8-3-5-12-6-4-8/h8,12H,3-6H2,1-2H3. The molecule has 5 heteroatoms. The number of aromatic nitrogens is 2. The van der Waals surface area contributed by atoms with Crippen LogP contribution < -0.4 is 10.1 Å². The molecule has 2 rings (SSSR count). The van der Waals surface area contributed by atoms with Gasteiger partial charge in [0, 0.05) is 7.05 Å². The molecule has 0 aliphatic carbocycles. The number of halogens is 1. The molecular formula is C10H16ClN3O. The number of nitrogens with one attached hydrogen (secondary N) is 1. The number of ether oxygens (including phenoxy) is 1. The first kappa shape index (κ1) is 10.8. The van der Waals surface area contributed by atoms with Crippen LogP contribution in [0.4, 0.5) is 0 Å². The second-order valence-corrected chi connectivity index (χ2v) is 4.25. The van der Waals surface area contributed by atoms with E-state index in [-0.39, 0.29) is 6.10 Å². The van der Waals surface area contributed by atoms with E-state index in [0.717, 1.165) is 37.4 Å². The third-order valence-electron chi connectivity index (χ3n) is 2.67. The van der Waals surface area contributed by atoms with Crippen molar-refractivity contribution in [2.45, 2.75) is 25.9 Å². The lowest BCUT2D eigenvalue weighted by atomic mass is 10.1. The molecule has 1 aromatic heterocycles. The largest absolute Gasteiger partial charge is 0.485 e. The van der Waals surface area contributed by atoms with Gasteiger partial charge >= 0.3 is 0 Å². The minimum absolute atomic E-state index is 0.270. The van der Waals surface area contributed by atoms with Crippen molar-refractivity contribution in [1.29, 1.82) is 0 Å². The van der Waals surface area contributed by atoms with Crippen LogP contribution in [0.25, 0.3) is 0 Å². The molecule has 0 radical (unpaired) electrons. The number of hydrogen-bond acceptors (Lipinski definition) is 3. The molecule has 84 valence electrons. The zero-order valence-corrected chi connectivity index (χ0v) is 9.84. The number of rotatable bonds is 2. The van der Waals surface area contributed by atoms with Gasteiger partial charge in [-0.15, -0.1) is 0 Å². The molecule has 2 heterocycles. The Hall–Kier alpha value is -0.740. The Balaban J connectivity index is 2.09. The Kier molecular flexibility index (Phi) is 3.17. The summed E-state index contributed by atoms with van der Waals surface area (Å²) in [7, 11) is 1.82. The molecular weight excluding hydrogens is 214 g/mol. The summed E-state index contributed by atoms with van der Waals surface area (Å²) in [6.45, 7) is 3.95.